The zero-order chi connectivity index (χ0) is 50.2. The second-order valence-corrected chi connectivity index (χ2v) is 18.5. The molecule has 0 aromatic heterocycles. The second kappa shape index (κ2) is 26.0. The fourth-order valence-corrected chi connectivity index (χ4v) is 8.67. The molecule has 2 saturated heterocycles. The number of carbonyl (C=O) groups excluding carboxylic acids is 8. The van der Waals surface area contributed by atoms with E-state index < -0.39 is 139 Å². The van der Waals surface area contributed by atoms with E-state index in [4.69, 9.17) is 4.74 Å². The number of piperidine rings is 1. The molecule has 0 aromatic rings. The number of nitrogens with zero attached hydrogens (tertiary/aromatic N) is 1. The van der Waals surface area contributed by atoms with Crippen molar-refractivity contribution in [2.45, 2.75) is 173 Å². The maximum Gasteiger partial charge on any atom is 0.329 e. The Bertz CT molecular complexity index is 2000. The van der Waals surface area contributed by atoms with Gasteiger partial charge in [0.1, 0.15) is 54.3 Å². The highest BCUT2D eigenvalue weighted by Crippen LogP contribution is 2.26. The van der Waals surface area contributed by atoms with Crippen LogP contribution in [0.3, 0.4) is 0 Å². The van der Waals surface area contributed by atoms with Gasteiger partial charge in [-0.3, -0.25) is 38.9 Å². The lowest BCUT2D eigenvalue weighted by atomic mass is 9.92. The van der Waals surface area contributed by atoms with Crippen molar-refractivity contribution in [2.75, 3.05) is 6.54 Å². The molecule has 4 aliphatic rings. The van der Waals surface area contributed by atoms with Crippen LogP contribution in [0.15, 0.2) is 47.8 Å². The van der Waals surface area contributed by atoms with Crippen molar-refractivity contribution in [3.8, 4) is 0 Å². The normalized spacial score (nSPS) is 27.6. The summed E-state index contributed by atoms with van der Waals surface area (Å²) >= 11 is 0. The number of carboxylic acids is 1. The summed E-state index contributed by atoms with van der Waals surface area (Å²) in [5.74, 6) is -8.55. The topological polar surface area (TPSA) is 299 Å². The van der Waals surface area contributed by atoms with Crippen molar-refractivity contribution in [3.63, 3.8) is 0 Å². The average Bonchev–Trinajstić information content (AvgIpc) is 3.29. The van der Waals surface area contributed by atoms with Gasteiger partial charge in [-0.05, 0) is 94.6 Å². The molecule has 4 rings (SSSR count). The van der Waals surface area contributed by atoms with Crippen LogP contribution in [0.4, 0.5) is 0 Å². The second-order valence-electron chi connectivity index (χ2n) is 18.5. The third-order valence-electron chi connectivity index (χ3n) is 12.8. The third-order valence-corrected chi connectivity index (χ3v) is 12.8. The van der Waals surface area contributed by atoms with E-state index in [1.165, 1.54) is 13.0 Å². The van der Waals surface area contributed by atoms with E-state index in [2.05, 4.69) is 31.9 Å². The van der Waals surface area contributed by atoms with Crippen molar-refractivity contribution in [1.29, 1.82) is 0 Å². The van der Waals surface area contributed by atoms with Gasteiger partial charge in [0.05, 0.1) is 12.6 Å². The largest absolute Gasteiger partial charge is 0.508 e. The Morgan fingerprint density at radius 2 is 1.69 bits per heavy atom. The first kappa shape index (κ1) is 54.7. The number of ether oxygens (including phenoxy) is 1. The summed E-state index contributed by atoms with van der Waals surface area (Å²) in [4.78, 5) is 124. The number of esters is 1. The van der Waals surface area contributed by atoms with Crippen molar-refractivity contribution in [2.24, 2.45) is 17.8 Å². The Kier molecular flexibility index (Phi) is 20.9. The number of hydrogen-bond donors (Lipinski definition) is 9. The molecular formula is C48H71N7O13. The Morgan fingerprint density at radius 1 is 0.956 bits per heavy atom. The van der Waals surface area contributed by atoms with Gasteiger partial charge < -0.3 is 51.5 Å². The monoisotopic (exact) mass is 954 g/mol. The number of aliphatic carboxylic acids is 1. The van der Waals surface area contributed by atoms with Crippen molar-refractivity contribution >= 4 is 53.2 Å². The van der Waals surface area contributed by atoms with Gasteiger partial charge in [0.25, 0.3) is 0 Å². The van der Waals surface area contributed by atoms with Gasteiger partial charge in [-0.1, -0.05) is 70.9 Å². The van der Waals surface area contributed by atoms with Gasteiger partial charge in [-0.2, -0.15) is 0 Å². The molecule has 2 fully saturated rings. The van der Waals surface area contributed by atoms with Gasteiger partial charge in [0.15, 0.2) is 5.78 Å². The summed E-state index contributed by atoms with van der Waals surface area (Å²) in [5.41, 5.74) is 0.858. The minimum Gasteiger partial charge on any atom is -0.508 e. The Balaban J connectivity index is 1.60. The fourth-order valence-electron chi connectivity index (χ4n) is 8.67. The Morgan fingerprint density at radius 3 is 2.31 bits per heavy atom. The molecule has 11 atom stereocenters. The van der Waals surface area contributed by atoms with Gasteiger partial charge >= 0.3 is 11.9 Å². The third kappa shape index (κ3) is 15.6. The fraction of sp³-hybridized carbons (Fsp3) is 0.646. The van der Waals surface area contributed by atoms with Gasteiger partial charge in [0, 0.05) is 12.8 Å². The number of cyclic esters (lactones) is 1. The number of rotatable bonds is 17. The number of carboxylic acid groups (broad SMARTS) is 1. The van der Waals surface area contributed by atoms with E-state index in [-0.39, 0.29) is 43.8 Å². The number of nitrogens with one attached hydrogen (secondary N) is 6. The quantitative estimate of drug-likeness (QED) is 0.0938. The van der Waals surface area contributed by atoms with Crippen LogP contribution in [0.25, 0.3) is 0 Å². The molecule has 6 amide bonds. The highest BCUT2D eigenvalue weighted by atomic mass is 16.5. The Labute approximate surface area is 397 Å². The molecule has 2 aliphatic carbocycles. The van der Waals surface area contributed by atoms with Crippen LogP contribution in [0.5, 0.6) is 0 Å². The molecule has 2 bridgehead atoms. The summed E-state index contributed by atoms with van der Waals surface area (Å²) in [6, 6.07) is -9.11. The van der Waals surface area contributed by atoms with E-state index in [1.807, 2.05) is 18.2 Å². The van der Waals surface area contributed by atoms with Crippen LogP contribution < -0.4 is 31.9 Å². The van der Waals surface area contributed by atoms with E-state index in [9.17, 15) is 58.5 Å². The zero-order valence-electron chi connectivity index (χ0n) is 40.0. The lowest BCUT2D eigenvalue weighted by molar-refractivity contribution is -0.163. The maximum atomic E-state index is 14.2. The SMILES string of the molecule is CCCC(=O)NC(CC1C=CC(O)=CC1)C(=O)NC(CCC(=O)NC1C(=O)CNC2CCC(O)N(C2=O)C(C(C)C)C(=O)NC(CC2=CC=CCC2)C(=O)NC(C(C)CC)C(=O)OC1C)C(=O)O. The van der Waals surface area contributed by atoms with Crippen molar-refractivity contribution < 1.29 is 63.2 Å². The van der Waals surface area contributed by atoms with Gasteiger partial charge in [0.2, 0.25) is 35.4 Å². The first-order chi connectivity index (χ1) is 32.2. The molecule has 0 saturated carbocycles. The van der Waals surface area contributed by atoms with E-state index in [0.29, 0.717) is 32.1 Å². The molecule has 9 N–H and O–H groups in total. The van der Waals surface area contributed by atoms with Crippen LogP contribution >= 0.6 is 0 Å². The van der Waals surface area contributed by atoms with E-state index in [0.717, 1.165) is 10.5 Å². The van der Waals surface area contributed by atoms with Gasteiger partial charge in [-0.25, -0.2) is 9.59 Å². The molecule has 2 aliphatic heterocycles. The number of hydrogen-bond acceptors (Lipinski definition) is 13. The average molecular weight is 954 g/mol. The number of Topliss-reactive ketones (excluding diaryl/α,β-unsaturated/α-hetero) is 1. The van der Waals surface area contributed by atoms with Gasteiger partial charge in [-0.15, -0.1) is 0 Å². The maximum absolute atomic E-state index is 14.2. The first-order valence-electron chi connectivity index (χ1n) is 23.9. The molecule has 0 spiro atoms. The summed E-state index contributed by atoms with van der Waals surface area (Å²) in [6.07, 6.45) is 9.64. The van der Waals surface area contributed by atoms with Crippen molar-refractivity contribution in [1.82, 2.24) is 36.8 Å². The van der Waals surface area contributed by atoms with Crippen LogP contribution in [0, 0.1) is 17.8 Å². The molecule has 0 aromatic carbocycles. The highest BCUT2D eigenvalue weighted by Gasteiger charge is 2.45. The first-order valence-corrected chi connectivity index (χ1v) is 23.9. The van der Waals surface area contributed by atoms with Crippen LogP contribution in [0.1, 0.15) is 119 Å². The standard InChI is InChI=1S/C48H71N7O13/c1-7-12-37(58)50-34(24-30-15-17-31(56)18-16-30)43(61)51-33(47(65)66)19-21-38(59)53-41-28(6)68-48(67)40(27(5)8-2)54-44(62)35(23-29-13-10-9-11-14-29)52-45(63)42(26(3)4)55-39(60)22-20-32(46(55)64)49-25-36(41)57/h9-10,13,15,17-18,26-28,30,32-35,39-42,49,56,60H,7-8,11-12,14,16,19-25H2,1-6H3,(H,50,58)(H,51,61)(H,52,63)(H,53,59)(H,54,62)(H,65,66). The predicted octanol–water partition coefficient (Wildman–Crippen LogP) is 1.63. The van der Waals surface area contributed by atoms with E-state index >= 15 is 0 Å². The summed E-state index contributed by atoms with van der Waals surface area (Å²) in [5, 5.41) is 47.1. The Hall–Kier alpha value is -5.89. The molecule has 0 radical (unpaired) electrons. The summed E-state index contributed by atoms with van der Waals surface area (Å²) in [6.45, 7) is 9.49. The number of fused-ring (bicyclic) bond motifs is 2. The number of ketones is 1. The predicted molar refractivity (Wildman–Crippen MR) is 248 cm³/mol. The molecule has 11 unspecified atom stereocenters. The van der Waals surface area contributed by atoms with Crippen molar-refractivity contribution in [3.05, 3.63) is 47.8 Å². The van der Waals surface area contributed by atoms with E-state index in [1.54, 1.807) is 46.8 Å². The smallest absolute Gasteiger partial charge is 0.329 e. The molecule has 376 valence electrons. The molecule has 20 heteroatoms. The molecule has 2 heterocycles. The minimum atomic E-state index is -1.61. The molecular weight excluding hydrogens is 883 g/mol. The van der Waals surface area contributed by atoms with Crippen LogP contribution in [-0.2, 0) is 47.9 Å². The van der Waals surface area contributed by atoms with Crippen LogP contribution in [-0.4, -0.2) is 135 Å². The molecule has 20 nitrogen and oxygen atoms in total. The zero-order valence-corrected chi connectivity index (χ0v) is 40.0. The lowest BCUT2D eigenvalue weighted by Crippen LogP contribution is -2.64. The lowest BCUT2D eigenvalue weighted by Gasteiger charge is -2.42. The highest BCUT2D eigenvalue weighted by molar-refractivity contribution is 5.96. The number of aliphatic hydroxyl groups is 2. The number of carbonyl (C=O) groups is 9. The number of allylic oxidation sites excluding steroid dienone is 6. The number of aliphatic hydroxyl groups excluding tert-OH is 2. The summed E-state index contributed by atoms with van der Waals surface area (Å²) < 4.78 is 5.83. The number of amides is 6. The molecule has 68 heavy (non-hydrogen) atoms. The minimum absolute atomic E-state index is 0.0364. The van der Waals surface area contributed by atoms with Crippen LogP contribution in [0.2, 0.25) is 0 Å². The summed E-state index contributed by atoms with van der Waals surface area (Å²) in [7, 11) is 0.